The lowest BCUT2D eigenvalue weighted by atomic mass is 10.1. The third kappa shape index (κ3) is 5.17. The van der Waals surface area contributed by atoms with Crippen LogP contribution in [0, 0.1) is 5.41 Å². The number of nitrogens with two attached hydrogens (primary N) is 1. The maximum absolute atomic E-state index is 12.6. The predicted molar refractivity (Wildman–Crippen MR) is 129 cm³/mol. The lowest BCUT2D eigenvalue weighted by molar-refractivity contribution is 0.307. The van der Waals surface area contributed by atoms with Crippen molar-refractivity contribution in [2.45, 2.75) is 12.8 Å². The maximum Gasteiger partial charge on any atom is 0.282 e. The third-order valence-electron chi connectivity index (χ3n) is 4.94. The second kappa shape index (κ2) is 9.69. The molecule has 0 atom stereocenters. The van der Waals surface area contributed by atoms with Gasteiger partial charge in [-0.15, -0.1) is 0 Å². The quantitative estimate of drug-likeness (QED) is 0.169. The number of fused-ring (bicyclic) bond motifs is 1. The summed E-state index contributed by atoms with van der Waals surface area (Å²) in [5.74, 6) is 1.21. The molecule has 2 aromatic heterocycles. The van der Waals surface area contributed by atoms with E-state index in [-0.39, 0.29) is 11.5 Å². The van der Waals surface area contributed by atoms with Crippen LogP contribution < -0.4 is 21.3 Å². The fraction of sp³-hybridized carbons (Fsp3) is 0.174. The minimum absolute atomic E-state index is 0.0192. The summed E-state index contributed by atoms with van der Waals surface area (Å²) in [5, 5.41) is 9.88. The van der Waals surface area contributed by atoms with Gasteiger partial charge in [-0.05, 0) is 48.2 Å². The number of nitrogens with one attached hydrogen (secondary N) is 3. The average Bonchev–Trinajstić information content (AvgIpc) is 3.19. The van der Waals surface area contributed by atoms with Gasteiger partial charge < -0.3 is 20.8 Å². The highest BCUT2D eigenvalue weighted by Gasteiger charge is 2.10. The van der Waals surface area contributed by atoms with Gasteiger partial charge in [-0.2, -0.15) is 4.98 Å². The first-order valence-electron chi connectivity index (χ1n) is 10.2. The van der Waals surface area contributed by atoms with Gasteiger partial charge in [-0.1, -0.05) is 40.2 Å². The summed E-state index contributed by atoms with van der Waals surface area (Å²) in [6.07, 6.45) is 5.42. The molecule has 2 heterocycles. The van der Waals surface area contributed by atoms with Crippen molar-refractivity contribution in [3.8, 4) is 28.1 Å². The summed E-state index contributed by atoms with van der Waals surface area (Å²) in [4.78, 5) is 20.0. The van der Waals surface area contributed by atoms with Crippen LogP contribution >= 0.6 is 15.9 Å². The topological polar surface area (TPSA) is 121 Å². The predicted octanol–water partition coefficient (Wildman–Crippen LogP) is 3.76. The van der Waals surface area contributed by atoms with E-state index in [0.717, 1.165) is 39.9 Å². The molecule has 4 rings (SSSR count). The van der Waals surface area contributed by atoms with Crippen molar-refractivity contribution in [3.63, 3.8) is 0 Å². The van der Waals surface area contributed by atoms with E-state index in [4.69, 9.17) is 15.9 Å². The molecule has 0 spiro atoms. The number of nitrogens with zero attached hydrogens (tertiary/aromatic N) is 2. The van der Waals surface area contributed by atoms with Crippen LogP contribution in [0.3, 0.4) is 0 Å². The number of benzene rings is 2. The highest BCUT2D eigenvalue weighted by atomic mass is 79.9. The van der Waals surface area contributed by atoms with Crippen molar-refractivity contribution < 1.29 is 4.74 Å². The Hall–Kier alpha value is -3.59. The van der Waals surface area contributed by atoms with Crippen LogP contribution in [0.25, 0.3) is 28.2 Å². The molecule has 4 aromatic rings. The summed E-state index contributed by atoms with van der Waals surface area (Å²) in [7, 11) is 0. The number of halogens is 1. The Bertz CT molecular complexity index is 1280. The number of aromatic amines is 1. The summed E-state index contributed by atoms with van der Waals surface area (Å²) in [6, 6.07) is 15.3. The lowest BCUT2D eigenvalue weighted by Crippen LogP contribution is -2.31. The summed E-state index contributed by atoms with van der Waals surface area (Å²) in [6.45, 7) is 1.22. The Morgan fingerprint density at radius 1 is 1.09 bits per heavy atom. The van der Waals surface area contributed by atoms with E-state index in [2.05, 4.69) is 31.2 Å². The number of guanidine groups is 1. The van der Waals surface area contributed by atoms with Crippen LogP contribution in [0.5, 0.6) is 5.75 Å². The molecule has 164 valence electrons. The van der Waals surface area contributed by atoms with Gasteiger partial charge in [0.15, 0.2) is 5.96 Å². The largest absolute Gasteiger partial charge is 0.494 e. The van der Waals surface area contributed by atoms with E-state index >= 15 is 0 Å². The molecule has 0 radical (unpaired) electrons. The number of H-pyrrole nitrogens is 1. The molecule has 9 heteroatoms. The van der Waals surface area contributed by atoms with Gasteiger partial charge in [0.25, 0.3) is 5.56 Å². The Morgan fingerprint density at radius 3 is 2.53 bits per heavy atom. The summed E-state index contributed by atoms with van der Waals surface area (Å²) < 4.78 is 8.58. The summed E-state index contributed by atoms with van der Waals surface area (Å²) in [5.41, 5.74) is 8.14. The zero-order chi connectivity index (χ0) is 22.5. The molecule has 0 aliphatic carbocycles. The van der Waals surface area contributed by atoms with Crippen LogP contribution in [0.15, 0.2) is 70.2 Å². The minimum Gasteiger partial charge on any atom is -0.494 e. The van der Waals surface area contributed by atoms with Crippen molar-refractivity contribution in [3.05, 3.63) is 75.8 Å². The normalized spacial score (nSPS) is 10.9. The van der Waals surface area contributed by atoms with Crippen molar-refractivity contribution in [2.75, 3.05) is 13.2 Å². The molecule has 0 bridgehead atoms. The Labute approximate surface area is 193 Å². The maximum atomic E-state index is 12.6. The zero-order valence-corrected chi connectivity index (χ0v) is 18.9. The minimum atomic E-state index is -0.291. The molecular weight excluding hydrogens is 472 g/mol. The summed E-state index contributed by atoms with van der Waals surface area (Å²) >= 11 is 3.44. The van der Waals surface area contributed by atoms with E-state index in [1.54, 1.807) is 6.20 Å². The molecule has 8 nitrogen and oxygen atoms in total. The number of aromatic nitrogens is 3. The number of rotatable bonds is 8. The first kappa shape index (κ1) is 21.6. The van der Waals surface area contributed by atoms with Crippen LogP contribution in [-0.4, -0.2) is 33.5 Å². The fourth-order valence-corrected chi connectivity index (χ4v) is 3.56. The van der Waals surface area contributed by atoms with E-state index < -0.39 is 0 Å². The molecule has 0 unspecified atom stereocenters. The molecule has 5 N–H and O–H groups in total. The Balaban J connectivity index is 1.46. The third-order valence-corrected chi connectivity index (χ3v) is 5.47. The smallest absolute Gasteiger partial charge is 0.282 e. The Kier molecular flexibility index (Phi) is 6.55. The highest BCUT2D eigenvalue weighted by Crippen LogP contribution is 2.23. The standard InChI is InChI=1S/C23H23BrN6O2/c24-17-7-3-16(4-8-17)20-14-30-13-19(21(31)29-23(30)28-20)15-5-9-18(10-6-15)32-12-2-1-11-27-22(25)26/h3-10,13-14H,1-2,11-12H2,(H4,25,26,27)(H,28,29,31). The first-order valence-corrected chi connectivity index (χ1v) is 11.0. The number of imidazole rings is 1. The molecule has 0 saturated heterocycles. The zero-order valence-electron chi connectivity index (χ0n) is 17.3. The molecule has 0 fully saturated rings. The second-order valence-electron chi connectivity index (χ2n) is 7.29. The molecule has 0 saturated carbocycles. The van der Waals surface area contributed by atoms with Gasteiger partial charge in [0.05, 0.1) is 17.9 Å². The molecule has 32 heavy (non-hydrogen) atoms. The van der Waals surface area contributed by atoms with Crippen molar-refractivity contribution in [1.29, 1.82) is 5.41 Å². The first-order chi connectivity index (χ1) is 15.5. The SMILES string of the molecule is N=C(N)NCCCCOc1ccc(-c2cn3cc(-c4ccc(Br)cc4)[nH]c3nc2=O)cc1. The van der Waals surface area contributed by atoms with Gasteiger partial charge in [-0.3, -0.25) is 14.6 Å². The van der Waals surface area contributed by atoms with Crippen LogP contribution in [0.4, 0.5) is 0 Å². The van der Waals surface area contributed by atoms with Gasteiger partial charge in [0, 0.05) is 23.4 Å². The Morgan fingerprint density at radius 2 is 1.81 bits per heavy atom. The van der Waals surface area contributed by atoms with E-state index in [1.165, 1.54) is 0 Å². The molecule has 2 aromatic carbocycles. The monoisotopic (exact) mass is 494 g/mol. The van der Waals surface area contributed by atoms with Crippen LogP contribution in [0.2, 0.25) is 0 Å². The molecule has 0 aliphatic rings. The number of ether oxygens (including phenoxy) is 1. The van der Waals surface area contributed by atoms with Crippen molar-refractivity contribution >= 4 is 27.7 Å². The molecule has 0 aliphatic heterocycles. The van der Waals surface area contributed by atoms with E-state index in [1.807, 2.05) is 59.1 Å². The van der Waals surface area contributed by atoms with Crippen LogP contribution in [-0.2, 0) is 0 Å². The fourth-order valence-electron chi connectivity index (χ4n) is 3.30. The van der Waals surface area contributed by atoms with E-state index in [9.17, 15) is 4.79 Å². The van der Waals surface area contributed by atoms with Gasteiger partial charge in [-0.25, -0.2) is 0 Å². The number of hydrogen-bond donors (Lipinski definition) is 4. The number of unbranched alkanes of at least 4 members (excludes halogenated alkanes) is 1. The van der Waals surface area contributed by atoms with Crippen molar-refractivity contribution in [1.82, 2.24) is 19.7 Å². The number of hydrogen-bond acceptors (Lipinski definition) is 4. The molecular formula is C23H23BrN6O2. The van der Waals surface area contributed by atoms with Gasteiger partial charge >= 0.3 is 0 Å². The van der Waals surface area contributed by atoms with Gasteiger partial charge in [0.2, 0.25) is 5.78 Å². The molecule has 0 amide bonds. The second-order valence-corrected chi connectivity index (χ2v) is 8.20. The van der Waals surface area contributed by atoms with Gasteiger partial charge in [0.1, 0.15) is 5.75 Å². The van der Waals surface area contributed by atoms with E-state index in [0.29, 0.717) is 24.5 Å². The van der Waals surface area contributed by atoms with Crippen molar-refractivity contribution in [2.24, 2.45) is 5.73 Å². The highest BCUT2D eigenvalue weighted by molar-refractivity contribution is 9.10. The lowest BCUT2D eigenvalue weighted by Gasteiger charge is -2.08. The average molecular weight is 495 g/mol. The van der Waals surface area contributed by atoms with Crippen LogP contribution in [0.1, 0.15) is 12.8 Å².